The van der Waals surface area contributed by atoms with Gasteiger partial charge in [0.05, 0.1) is 30.8 Å². The molecule has 12 nitrogen and oxygen atoms in total. The molecule has 2 aliphatic carbocycles. The zero-order valence-electron chi connectivity index (χ0n) is 30.4. The lowest BCUT2D eigenvalue weighted by molar-refractivity contribution is -0.0583. The van der Waals surface area contributed by atoms with E-state index in [1.54, 1.807) is 31.3 Å². The number of allylic oxidation sites excluding steroid dienone is 1. The highest BCUT2D eigenvalue weighted by atomic mass is 35.5. The molecule has 0 saturated heterocycles. The summed E-state index contributed by atoms with van der Waals surface area (Å²) in [7, 11) is -0.670. The van der Waals surface area contributed by atoms with Crippen molar-refractivity contribution in [3.63, 3.8) is 0 Å². The van der Waals surface area contributed by atoms with Gasteiger partial charge in [0, 0.05) is 55.4 Å². The second-order valence-corrected chi connectivity index (χ2v) is 17.7. The van der Waals surface area contributed by atoms with E-state index in [4.69, 9.17) is 21.1 Å². The molecule has 284 valence electrons. The van der Waals surface area contributed by atoms with Crippen LogP contribution in [0.15, 0.2) is 59.1 Å². The smallest absolute Gasteiger partial charge is 0.286 e. The van der Waals surface area contributed by atoms with Crippen molar-refractivity contribution in [1.82, 2.24) is 14.5 Å². The third kappa shape index (κ3) is 7.45. The van der Waals surface area contributed by atoms with Crippen LogP contribution in [0.1, 0.15) is 77.3 Å². The first-order chi connectivity index (χ1) is 25.3. The third-order valence-corrected chi connectivity index (χ3v) is 13.7. The number of rotatable bonds is 5. The molecule has 1 unspecified atom stereocenters. The van der Waals surface area contributed by atoms with Crippen LogP contribution >= 0.6 is 11.6 Å². The molecule has 0 radical (unpaired) electrons. The molecule has 1 aromatic heterocycles. The lowest BCUT2D eigenvalue weighted by Gasteiger charge is -2.49. The normalized spacial score (nSPS) is 30.5. The first-order valence-electron chi connectivity index (χ1n) is 18.3. The first kappa shape index (κ1) is 37.4. The maximum absolute atomic E-state index is 14.6. The van der Waals surface area contributed by atoms with Gasteiger partial charge in [-0.2, -0.15) is 0 Å². The van der Waals surface area contributed by atoms with Crippen LogP contribution in [0.2, 0.25) is 5.02 Å². The van der Waals surface area contributed by atoms with Crippen molar-refractivity contribution in [2.45, 2.75) is 62.9 Å². The van der Waals surface area contributed by atoms with Crippen molar-refractivity contribution in [3.8, 4) is 11.6 Å². The number of hydrogen-bond donors (Lipinski definition) is 3. The maximum atomic E-state index is 14.6. The SMILES string of the molecule is COc1nn(C)cc1C(=O)N[S@@]1(=O)=NC(=O)c2ccc3c(c2)N(C[C@@H]2CC[C@H]2C(O)(CCO)/C=C/C[C@H](C)C1)C[C@@]1(CCCc2cc(Cl)ccc21)CO3. The predicted molar refractivity (Wildman–Crippen MR) is 203 cm³/mol. The Balaban J connectivity index is 1.33. The van der Waals surface area contributed by atoms with Crippen molar-refractivity contribution in [2.75, 3.05) is 44.1 Å². The number of hydrogen-bond acceptors (Lipinski definition) is 9. The van der Waals surface area contributed by atoms with Gasteiger partial charge in [0.15, 0.2) is 0 Å². The van der Waals surface area contributed by atoms with Crippen LogP contribution in [0, 0.1) is 17.8 Å². The Morgan fingerprint density at radius 2 is 2.06 bits per heavy atom. The van der Waals surface area contributed by atoms with Crippen LogP contribution in [0.4, 0.5) is 5.69 Å². The van der Waals surface area contributed by atoms with Crippen molar-refractivity contribution in [3.05, 3.63) is 82.0 Å². The number of benzene rings is 2. The summed E-state index contributed by atoms with van der Waals surface area (Å²) < 4.78 is 34.7. The molecule has 4 aliphatic rings. The van der Waals surface area contributed by atoms with Gasteiger partial charge in [-0.1, -0.05) is 36.7 Å². The summed E-state index contributed by atoms with van der Waals surface area (Å²) in [6.07, 6.45) is 10.2. The molecule has 2 amide bonds. The molecular formula is C39H48ClN5O7S. The molecule has 2 aromatic carbocycles. The molecule has 6 atom stereocenters. The second kappa shape index (κ2) is 14.7. The molecular weight excluding hydrogens is 718 g/mol. The molecule has 7 rings (SSSR count). The highest BCUT2D eigenvalue weighted by molar-refractivity contribution is 7.92. The number of fused-ring (bicyclic) bond motifs is 4. The van der Waals surface area contributed by atoms with E-state index in [0.717, 1.165) is 32.1 Å². The van der Waals surface area contributed by atoms with Crippen LogP contribution < -0.4 is 19.1 Å². The van der Waals surface area contributed by atoms with Gasteiger partial charge in [-0.3, -0.25) is 19.0 Å². The number of aliphatic hydroxyl groups excluding tert-OH is 1. The average molecular weight is 766 g/mol. The Hall–Kier alpha value is -3.91. The van der Waals surface area contributed by atoms with Gasteiger partial charge < -0.3 is 24.6 Å². The summed E-state index contributed by atoms with van der Waals surface area (Å²) in [5.41, 5.74) is 1.80. The number of anilines is 1. The fourth-order valence-corrected chi connectivity index (χ4v) is 10.8. The quantitative estimate of drug-likeness (QED) is 0.296. The summed E-state index contributed by atoms with van der Waals surface area (Å²) in [6.45, 7) is 3.32. The van der Waals surface area contributed by atoms with Crippen molar-refractivity contribution in [2.24, 2.45) is 29.2 Å². The summed E-state index contributed by atoms with van der Waals surface area (Å²) in [5.74, 6) is -1.22. The number of carbonyl (C=O) groups excluding carboxylic acids is 2. The molecule has 2 bridgehead atoms. The highest BCUT2D eigenvalue weighted by Gasteiger charge is 2.48. The van der Waals surface area contributed by atoms with E-state index in [0.29, 0.717) is 42.6 Å². The molecule has 3 heterocycles. The Labute approximate surface area is 315 Å². The van der Waals surface area contributed by atoms with E-state index in [9.17, 15) is 24.0 Å². The van der Waals surface area contributed by atoms with Gasteiger partial charge in [-0.05, 0) is 97.7 Å². The lowest BCUT2D eigenvalue weighted by atomic mass is 9.63. The number of aryl methyl sites for hydroxylation is 2. The standard InChI is InChI=1S/C39H48ClN5O7S/c1-25-6-4-15-39(49,16-17-46)32-11-8-28(32)20-45-23-38(14-5-7-26-18-29(40)10-12-31(26)38)24-52-34-13-9-27(19-33(34)45)35(47)42-53(50,22-25)43-36(48)30-21-44(2)41-37(30)51-3/h4,9-10,12-13,15,18-19,21,25,28,32,46,49H,5-8,11,14,16-17,20,22-24H2,1-3H3,(H,42,43,47,48,50)/b15-4+/t25-,28-,32+,38-,39?,53-/m0/s1. The minimum atomic E-state index is -3.68. The fraction of sp³-hybridized carbons (Fsp3) is 0.513. The number of nitrogens with zero attached hydrogens (tertiary/aromatic N) is 4. The highest BCUT2D eigenvalue weighted by Crippen LogP contribution is 2.49. The zero-order chi connectivity index (χ0) is 37.5. The Morgan fingerprint density at radius 3 is 2.81 bits per heavy atom. The van der Waals surface area contributed by atoms with Gasteiger partial charge >= 0.3 is 0 Å². The summed E-state index contributed by atoms with van der Waals surface area (Å²) in [4.78, 5) is 29.8. The van der Waals surface area contributed by atoms with Crippen LogP contribution in [-0.4, -0.2) is 80.8 Å². The van der Waals surface area contributed by atoms with Gasteiger partial charge in [0.25, 0.3) is 11.8 Å². The van der Waals surface area contributed by atoms with Gasteiger partial charge in [-0.15, -0.1) is 9.46 Å². The fourth-order valence-electron chi connectivity index (χ4n) is 8.77. The average Bonchev–Trinajstić information content (AvgIpc) is 3.41. The molecule has 3 N–H and O–H groups in total. The van der Waals surface area contributed by atoms with E-state index in [1.165, 1.54) is 29.1 Å². The summed E-state index contributed by atoms with van der Waals surface area (Å²) in [5, 5.41) is 27.0. The molecule has 14 heteroatoms. The Kier molecular flexibility index (Phi) is 10.4. The van der Waals surface area contributed by atoms with E-state index >= 15 is 0 Å². The summed E-state index contributed by atoms with van der Waals surface area (Å²) in [6, 6.07) is 11.2. The molecule has 3 aromatic rings. The van der Waals surface area contributed by atoms with E-state index in [-0.39, 0.29) is 59.0 Å². The third-order valence-electron chi connectivity index (χ3n) is 11.5. The van der Waals surface area contributed by atoms with Gasteiger partial charge in [-0.25, -0.2) is 4.21 Å². The molecule has 2 aliphatic heterocycles. The lowest BCUT2D eigenvalue weighted by Crippen LogP contribution is -2.52. The van der Waals surface area contributed by atoms with Crippen LogP contribution in [0.25, 0.3) is 0 Å². The first-order valence-corrected chi connectivity index (χ1v) is 20.4. The van der Waals surface area contributed by atoms with Crippen LogP contribution in [0.5, 0.6) is 11.6 Å². The molecule has 53 heavy (non-hydrogen) atoms. The zero-order valence-corrected chi connectivity index (χ0v) is 32.0. The van der Waals surface area contributed by atoms with E-state index < -0.39 is 27.3 Å². The van der Waals surface area contributed by atoms with E-state index in [1.807, 2.05) is 25.1 Å². The number of ether oxygens (including phenoxy) is 2. The minimum absolute atomic E-state index is 0.0493. The number of aliphatic hydroxyl groups is 2. The Morgan fingerprint density at radius 1 is 1.23 bits per heavy atom. The largest absolute Gasteiger partial charge is 0.490 e. The maximum Gasteiger partial charge on any atom is 0.286 e. The van der Waals surface area contributed by atoms with Crippen molar-refractivity contribution in [1.29, 1.82) is 0 Å². The van der Waals surface area contributed by atoms with Gasteiger partial charge in [0.1, 0.15) is 21.2 Å². The molecule has 1 spiro atoms. The number of amides is 2. The number of halogens is 1. The molecule has 1 fully saturated rings. The predicted octanol–water partition coefficient (Wildman–Crippen LogP) is 5.24. The molecule has 1 saturated carbocycles. The topological polar surface area (TPSA) is 156 Å². The minimum Gasteiger partial charge on any atom is -0.490 e. The Bertz CT molecular complexity index is 2060. The monoisotopic (exact) mass is 765 g/mol. The van der Waals surface area contributed by atoms with Crippen LogP contribution in [0.3, 0.4) is 0 Å². The van der Waals surface area contributed by atoms with Crippen molar-refractivity contribution < 1.29 is 33.5 Å². The number of aromatic nitrogens is 2. The second-order valence-electron chi connectivity index (χ2n) is 15.3. The van der Waals surface area contributed by atoms with Crippen LogP contribution in [-0.2, 0) is 28.8 Å². The van der Waals surface area contributed by atoms with Gasteiger partial charge in [0.2, 0.25) is 5.88 Å². The van der Waals surface area contributed by atoms with E-state index in [2.05, 4.69) is 25.1 Å². The summed E-state index contributed by atoms with van der Waals surface area (Å²) >= 11 is 6.45. The number of carbonyl (C=O) groups is 2. The van der Waals surface area contributed by atoms with Crippen molar-refractivity contribution >= 4 is 39.0 Å². The number of nitrogens with one attached hydrogen (secondary N) is 1. The number of methoxy groups -OCH3 is 1.